The number of alkyl halides is 4. The zero-order valence-electron chi connectivity index (χ0n) is 81.5. The Morgan fingerprint density at radius 3 is 1.19 bits per heavy atom. The topological polar surface area (TPSA) is 74.4 Å². The van der Waals surface area contributed by atoms with Gasteiger partial charge in [-0.1, -0.05) is 247 Å². The van der Waals surface area contributed by atoms with E-state index in [2.05, 4.69) is 82.8 Å². The van der Waals surface area contributed by atoms with Crippen LogP contribution in [0, 0.1) is 58.4 Å². The fourth-order valence-electron chi connectivity index (χ4n) is 17.0. The first-order valence-corrected chi connectivity index (χ1v) is 41.3. The van der Waals surface area contributed by atoms with Gasteiger partial charge in [-0.25, -0.2) is 27.5 Å². The molecule has 0 bridgehead atoms. The summed E-state index contributed by atoms with van der Waals surface area (Å²) in [4.78, 5) is 26.3. The van der Waals surface area contributed by atoms with Gasteiger partial charge in [-0.2, -0.15) is 66.2 Å². The summed E-state index contributed by atoms with van der Waals surface area (Å²) in [6.07, 6.45) is 7.07. The predicted molar refractivity (Wildman–Crippen MR) is 502 cm³/mol. The van der Waals surface area contributed by atoms with Gasteiger partial charge in [-0.3, -0.25) is 9.97 Å². The second kappa shape index (κ2) is 33.8. The Morgan fingerprint density at radius 2 is 0.732 bits per heavy atom. The minimum absolute atomic E-state index is 0. The van der Waals surface area contributed by atoms with Crippen molar-refractivity contribution in [2.24, 2.45) is 0 Å². The van der Waals surface area contributed by atoms with E-state index in [-0.39, 0.29) is 97.7 Å². The second-order valence-electron chi connectivity index (χ2n) is 34.6. The van der Waals surface area contributed by atoms with Crippen LogP contribution in [0.3, 0.4) is 0 Å². The summed E-state index contributed by atoms with van der Waals surface area (Å²) in [7, 11) is 0. The SMILES string of the molecule is CC(C)(C)c1cc(N2[CH-]N(c3c(-c4ccccn4)cccc3-c3ccccn3)c3ccccc32)[c-]c(C(F)(F)c2[c-]c3c(cc2)c2ccccc2n3-c2cc(C(C)(C)C)ccn2)c1.[2H]c1c([2H])c([2H])c(-c2c(C)c(C)c(C)c(-c3c([2H])c([2H])c([2H])c([2H])c3[2H])c2N2[CH-]N(c3[c-]c(C(F)(F)c4[c-]c5c(cc4)c4ccccc4n5-c4cc(C(C)(C)C)ccn4)ccc3)c3ccccc32)c([2H])c1[2H].[Pt].[Pt]. The predicted octanol–water partition coefficient (Wildman–Crippen LogP) is 28.9. The van der Waals surface area contributed by atoms with Crippen LogP contribution in [0.1, 0.15) is 132 Å². The quantitative estimate of drug-likeness (QED) is 0.0788. The number of hydrogen-bond donors (Lipinski definition) is 0. The molecule has 18 aromatic rings. The summed E-state index contributed by atoms with van der Waals surface area (Å²) in [6, 6.07) is 77.7. The molecule has 6 aromatic heterocycles. The van der Waals surface area contributed by atoms with E-state index in [0.717, 1.165) is 88.8 Å². The maximum atomic E-state index is 17.6. The normalized spacial score (nSPS) is 14.0. The summed E-state index contributed by atoms with van der Waals surface area (Å²) in [5.41, 5.74) is 12.5. The molecule has 8 heterocycles. The van der Waals surface area contributed by atoms with Crippen LogP contribution < -0.4 is 19.6 Å². The molecule has 2 aliphatic heterocycles. The molecular formula is C111H90F4N10Pt2-6. The number of anilines is 8. The molecule has 0 unspecified atom stereocenters. The zero-order valence-corrected chi connectivity index (χ0v) is 76.1. The summed E-state index contributed by atoms with van der Waals surface area (Å²) < 4.78 is 162. The van der Waals surface area contributed by atoms with Gasteiger partial charge < -0.3 is 28.7 Å². The molecule has 0 N–H and O–H groups in total. The summed E-state index contributed by atoms with van der Waals surface area (Å²) in [6.45, 7) is 27.6. The van der Waals surface area contributed by atoms with Gasteiger partial charge in [-0.05, 0) is 172 Å². The van der Waals surface area contributed by atoms with Crippen LogP contribution in [0.25, 0.3) is 100 Å². The van der Waals surface area contributed by atoms with Crippen molar-refractivity contribution in [3.05, 3.63) is 409 Å². The molecule has 12 aromatic carbocycles. The molecule has 638 valence electrons. The number of nitrogens with zero attached hydrogens (tertiary/aromatic N) is 10. The van der Waals surface area contributed by atoms with E-state index in [4.69, 9.17) is 28.2 Å². The Kier molecular flexibility index (Phi) is 19.8. The molecular weight excluding hydrogens is 1940 g/mol. The first-order chi connectivity index (χ1) is 64.3. The van der Waals surface area contributed by atoms with Gasteiger partial charge in [0.1, 0.15) is 11.6 Å². The minimum atomic E-state index is -3.64. The molecule has 0 radical (unpaired) electrons. The monoisotopic (exact) mass is 2040 g/mol. The van der Waals surface area contributed by atoms with Crippen LogP contribution in [0.5, 0.6) is 0 Å². The van der Waals surface area contributed by atoms with Gasteiger partial charge in [-0.15, -0.1) is 53.7 Å². The summed E-state index contributed by atoms with van der Waals surface area (Å²) >= 11 is 0. The number of fused-ring (bicyclic) bond motifs is 8. The Morgan fingerprint density at radius 1 is 0.331 bits per heavy atom. The number of aromatic nitrogens is 6. The average molecular weight is 2040 g/mol. The molecule has 20 rings (SSSR count). The average Bonchev–Trinajstić information content (AvgIpc) is 1.71. The fourth-order valence-corrected chi connectivity index (χ4v) is 17.0. The molecule has 0 fully saturated rings. The van der Waals surface area contributed by atoms with Crippen molar-refractivity contribution in [2.75, 3.05) is 19.6 Å². The Hall–Kier alpha value is -12.9. The molecule has 10 nitrogen and oxygen atoms in total. The molecule has 0 atom stereocenters. The van der Waals surface area contributed by atoms with Crippen molar-refractivity contribution >= 4 is 89.1 Å². The van der Waals surface area contributed by atoms with Crippen LogP contribution in [-0.2, 0) is 70.2 Å². The number of para-hydroxylation sites is 7. The summed E-state index contributed by atoms with van der Waals surface area (Å²) in [5.74, 6) is -5.91. The van der Waals surface area contributed by atoms with Crippen LogP contribution in [0.15, 0.2) is 316 Å². The van der Waals surface area contributed by atoms with Crippen LogP contribution in [0.4, 0.5) is 63.1 Å². The van der Waals surface area contributed by atoms with Gasteiger partial charge >= 0.3 is 0 Å². The molecule has 0 spiro atoms. The van der Waals surface area contributed by atoms with Gasteiger partial charge in [0.15, 0.2) is 0 Å². The number of hydrogen-bond acceptors (Lipinski definition) is 8. The van der Waals surface area contributed by atoms with E-state index < -0.39 is 88.8 Å². The molecule has 0 amide bonds. The zero-order chi connectivity index (χ0) is 95.3. The maximum Gasteiger partial charge on any atom is 0.254 e. The standard InChI is InChI=1S/C56H45F2N4.C55H45F2N6.2Pt/c1-36-37(2)52(39-18-9-7-10-19-39)54(53(38(36)3)40-20-11-8-12-21-40)61-35-60(48-26-15-16-27-49(48)61)44-23-17-22-42(32-44)56(57,58)43-28-29-46-45-24-13-14-25-47(45)62(50(46)33-43)51-34-41(30-31-59-51)55(4,5)6;1-53(2,3)36-26-29-60-51(34-36)63-47-21-8-7-16-41(47)42-25-24-37(33-50(42)63)55(56,57)39-30-38(54(4,5)6)31-40(32-39)61-35-62(49-23-10-9-22-48(49)61)52-43(45-19-11-13-27-58-45)17-15-18-44(52)46-20-12-14-28-59-46;;/h7-31,34-35H,1-6H3;7-31,34-35H,1-6H3;;/q2*-3;;/i7D,8D,9D,10D,11D,12D,18D,19D,20D,21D;;;. The fraction of sp³-hybridized carbons (Fsp3) is 0.153. The van der Waals surface area contributed by atoms with Crippen LogP contribution in [0.2, 0.25) is 0 Å². The van der Waals surface area contributed by atoms with Crippen LogP contribution in [-0.4, -0.2) is 29.1 Å². The molecule has 16 heteroatoms. The molecule has 0 saturated heterocycles. The molecule has 0 aliphatic carbocycles. The van der Waals surface area contributed by atoms with Crippen molar-refractivity contribution < 1.29 is 73.4 Å². The van der Waals surface area contributed by atoms with Crippen molar-refractivity contribution in [1.82, 2.24) is 29.1 Å². The van der Waals surface area contributed by atoms with E-state index in [0.29, 0.717) is 56.4 Å². The van der Waals surface area contributed by atoms with Crippen LogP contribution >= 0.6 is 0 Å². The van der Waals surface area contributed by atoms with Gasteiger partial charge in [0.2, 0.25) is 0 Å². The maximum absolute atomic E-state index is 17.6. The molecule has 0 saturated carbocycles. The third-order valence-electron chi connectivity index (χ3n) is 23.7. The van der Waals surface area contributed by atoms with Gasteiger partial charge in [0.05, 0.1) is 25.1 Å². The number of pyridine rings is 4. The van der Waals surface area contributed by atoms with Crippen molar-refractivity contribution in [3.63, 3.8) is 0 Å². The Labute approximate surface area is 782 Å². The third kappa shape index (κ3) is 15.6. The number of rotatable bonds is 14. The summed E-state index contributed by atoms with van der Waals surface area (Å²) in [5, 5.41) is 3.34. The third-order valence-corrected chi connectivity index (χ3v) is 23.7. The Bertz CT molecular complexity index is 7660. The van der Waals surface area contributed by atoms with E-state index in [1.165, 1.54) is 24.3 Å². The number of halogens is 4. The first-order valence-electron chi connectivity index (χ1n) is 46.3. The molecule has 127 heavy (non-hydrogen) atoms. The minimum Gasteiger partial charge on any atom is -0.493 e. The van der Waals surface area contributed by atoms with E-state index in [9.17, 15) is 5.48 Å². The van der Waals surface area contributed by atoms with E-state index in [1.54, 1.807) is 111 Å². The Balaban J connectivity index is 0.000000189. The smallest absolute Gasteiger partial charge is 0.254 e. The van der Waals surface area contributed by atoms with Gasteiger partial charge in [0, 0.05) is 134 Å². The van der Waals surface area contributed by atoms with Crippen molar-refractivity contribution in [2.45, 2.75) is 111 Å². The largest absolute Gasteiger partial charge is 0.493 e. The van der Waals surface area contributed by atoms with Crippen molar-refractivity contribution in [1.29, 1.82) is 0 Å². The van der Waals surface area contributed by atoms with E-state index in [1.807, 2.05) is 187 Å². The second-order valence-corrected chi connectivity index (χ2v) is 34.6. The van der Waals surface area contributed by atoms with Crippen molar-refractivity contribution in [3.8, 4) is 56.4 Å². The van der Waals surface area contributed by atoms with E-state index >= 15 is 17.6 Å². The van der Waals surface area contributed by atoms with Gasteiger partial charge in [0.25, 0.3) is 11.8 Å². The number of benzene rings is 12. The first kappa shape index (κ1) is 74.4. The molecule has 2 aliphatic rings.